The third kappa shape index (κ3) is 4.13. The first kappa shape index (κ1) is 30.5. The van der Waals surface area contributed by atoms with E-state index in [9.17, 15) is 0 Å². The van der Waals surface area contributed by atoms with Gasteiger partial charge in [-0.05, 0) is 120 Å². The third-order valence-corrected chi connectivity index (χ3v) is 12.5. The average Bonchev–Trinajstić information content (AvgIpc) is 3.75. The first-order valence-electron chi connectivity index (χ1n) is 19.3. The Morgan fingerprint density at radius 3 is 1.78 bits per heavy atom. The molecule has 1 heteroatoms. The highest BCUT2D eigenvalue weighted by Crippen LogP contribution is 2.64. The summed E-state index contributed by atoms with van der Waals surface area (Å²) < 4.78 is 0. The summed E-state index contributed by atoms with van der Waals surface area (Å²) in [6, 6.07) is 75.0. The predicted molar refractivity (Wildman–Crippen MR) is 229 cm³/mol. The highest BCUT2D eigenvalue weighted by molar-refractivity contribution is 6.04. The lowest BCUT2D eigenvalue weighted by molar-refractivity contribution is 0.775. The summed E-state index contributed by atoms with van der Waals surface area (Å²) in [4.78, 5) is 2.46. The quantitative estimate of drug-likeness (QED) is 0.178. The molecule has 9 aromatic carbocycles. The maximum Gasteiger partial charge on any atom is 0.0726 e. The van der Waals surface area contributed by atoms with Gasteiger partial charge in [0, 0.05) is 16.8 Å². The van der Waals surface area contributed by atoms with Crippen LogP contribution in [0.25, 0.3) is 55.3 Å². The van der Waals surface area contributed by atoms with Crippen molar-refractivity contribution in [2.75, 3.05) is 4.90 Å². The van der Waals surface area contributed by atoms with Crippen LogP contribution in [0.5, 0.6) is 0 Å². The minimum absolute atomic E-state index is 0.583. The monoisotopic (exact) mass is 697 g/mol. The van der Waals surface area contributed by atoms with Crippen molar-refractivity contribution in [3.05, 3.63) is 234 Å². The standard InChI is InChI=1S/C54H35N/c1-2-18-38(19-3-1)55(51-28-14-17-35-15-4-6-20-40(35)51)39-30-31-45-43-23-9-8-22-42(43)44-24-10-12-26-47(44)54(50(45)34-39)48-27-13-11-25-46(48)53-49(54)32-29-37-33-36-16-5-7-21-41(36)52(37)53/h1-32,34H,33H2. The lowest BCUT2D eigenvalue weighted by atomic mass is 9.65. The van der Waals surface area contributed by atoms with Gasteiger partial charge in [0.05, 0.1) is 11.1 Å². The van der Waals surface area contributed by atoms with E-state index in [4.69, 9.17) is 0 Å². The Balaban J connectivity index is 1.24. The Kier molecular flexibility index (Phi) is 6.39. The molecule has 0 aliphatic heterocycles. The SMILES string of the molecule is c1ccc(N(c2ccc3c(c2)C2(c4ccccc4-c4ccccc4-3)c3ccccc3-c3c2ccc2c3-c3ccccc3C2)c2cccc3ccccc23)cc1. The number of nitrogens with zero attached hydrogens (tertiary/aromatic N) is 1. The largest absolute Gasteiger partial charge is 0.310 e. The topological polar surface area (TPSA) is 3.24 Å². The first-order chi connectivity index (χ1) is 27.3. The maximum atomic E-state index is 2.52. The van der Waals surface area contributed by atoms with Gasteiger partial charge in [-0.15, -0.1) is 0 Å². The summed E-state index contributed by atoms with van der Waals surface area (Å²) in [7, 11) is 0. The Hall–Kier alpha value is -6.96. The second kappa shape index (κ2) is 11.5. The minimum atomic E-state index is -0.583. The van der Waals surface area contributed by atoms with Gasteiger partial charge in [-0.1, -0.05) is 170 Å². The molecule has 55 heavy (non-hydrogen) atoms. The van der Waals surface area contributed by atoms with Crippen LogP contribution in [0, 0.1) is 0 Å². The second-order valence-electron chi connectivity index (χ2n) is 15.1. The molecule has 1 nitrogen and oxygen atoms in total. The Bertz CT molecular complexity index is 3020. The van der Waals surface area contributed by atoms with Crippen molar-refractivity contribution in [3.8, 4) is 44.5 Å². The number of para-hydroxylation sites is 1. The molecule has 3 aliphatic rings. The van der Waals surface area contributed by atoms with Gasteiger partial charge in [0.2, 0.25) is 0 Å². The Labute approximate surface area is 321 Å². The number of anilines is 3. The van der Waals surface area contributed by atoms with Crippen molar-refractivity contribution in [2.24, 2.45) is 0 Å². The smallest absolute Gasteiger partial charge is 0.0726 e. The summed E-state index contributed by atoms with van der Waals surface area (Å²) in [6.07, 6.45) is 0.966. The summed E-state index contributed by atoms with van der Waals surface area (Å²) in [6.45, 7) is 0. The highest BCUT2D eigenvalue weighted by Gasteiger charge is 2.51. The van der Waals surface area contributed by atoms with E-state index in [-0.39, 0.29) is 0 Å². The number of hydrogen-bond donors (Lipinski definition) is 0. The van der Waals surface area contributed by atoms with E-state index in [0.29, 0.717) is 0 Å². The first-order valence-corrected chi connectivity index (χ1v) is 19.3. The van der Waals surface area contributed by atoms with Crippen LogP contribution in [0.1, 0.15) is 33.4 Å². The number of benzene rings is 9. The van der Waals surface area contributed by atoms with Crippen LogP contribution < -0.4 is 4.90 Å². The fourth-order valence-corrected chi connectivity index (χ4v) is 10.3. The molecular weight excluding hydrogens is 663 g/mol. The highest BCUT2D eigenvalue weighted by atomic mass is 15.1. The molecule has 9 aromatic rings. The molecule has 1 spiro atoms. The molecule has 1 unspecified atom stereocenters. The molecule has 0 radical (unpaired) electrons. The molecule has 0 bridgehead atoms. The van der Waals surface area contributed by atoms with Crippen LogP contribution in [-0.2, 0) is 11.8 Å². The predicted octanol–water partition coefficient (Wildman–Crippen LogP) is 13.9. The van der Waals surface area contributed by atoms with E-state index in [1.807, 2.05) is 0 Å². The van der Waals surface area contributed by atoms with E-state index in [2.05, 4.69) is 205 Å². The van der Waals surface area contributed by atoms with Crippen LogP contribution in [0.3, 0.4) is 0 Å². The average molecular weight is 698 g/mol. The van der Waals surface area contributed by atoms with E-state index >= 15 is 0 Å². The summed E-state index contributed by atoms with van der Waals surface area (Å²) in [5.41, 5.74) is 21.6. The molecule has 12 rings (SSSR count). The van der Waals surface area contributed by atoms with Crippen molar-refractivity contribution < 1.29 is 0 Å². The van der Waals surface area contributed by atoms with Crippen molar-refractivity contribution in [3.63, 3.8) is 0 Å². The summed E-state index contributed by atoms with van der Waals surface area (Å²) >= 11 is 0. The van der Waals surface area contributed by atoms with Crippen LogP contribution in [-0.4, -0.2) is 0 Å². The van der Waals surface area contributed by atoms with Crippen molar-refractivity contribution in [2.45, 2.75) is 11.8 Å². The van der Waals surface area contributed by atoms with Gasteiger partial charge < -0.3 is 4.90 Å². The van der Waals surface area contributed by atoms with Crippen molar-refractivity contribution in [1.82, 2.24) is 0 Å². The lowest BCUT2D eigenvalue weighted by Gasteiger charge is -2.36. The van der Waals surface area contributed by atoms with Crippen LogP contribution in [0.2, 0.25) is 0 Å². The maximum absolute atomic E-state index is 2.52. The van der Waals surface area contributed by atoms with E-state index in [0.717, 1.165) is 23.5 Å². The van der Waals surface area contributed by atoms with Gasteiger partial charge in [0.1, 0.15) is 0 Å². The summed E-state index contributed by atoms with van der Waals surface area (Å²) in [5.74, 6) is 0. The summed E-state index contributed by atoms with van der Waals surface area (Å²) in [5, 5.41) is 2.45. The fourth-order valence-electron chi connectivity index (χ4n) is 10.3. The van der Waals surface area contributed by atoms with Crippen LogP contribution in [0.4, 0.5) is 17.1 Å². The van der Waals surface area contributed by atoms with Gasteiger partial charge in [0.25, 0.3) is 0 Å². The molecule has 0 saturated heterocycles. The number of fused-ring (bicyclic) bond motifs is 17. The van der Waals surface area contributed by atoms with Gasteiger partial charge in [0.15, 0.2) is 0 Å². The molecule has 256 valence electrons. The lowest BCUT2D eigenvalue weighted by Crippen LogP contribution is -2.29. The molecule has 1 atom stereocenters. The fraction of sp³-hybridized carbons (Fsp3) is 0.0370. The zero-order valence-corrected chi connectivity index (χ0v) is 30.2. The molecule has 3 aliphatic carbocycles. The molecular formula is C54H35N. The van der Waals surface area contributed by atoms with Gasteiger partial charge in [-0.25, -0.2) is 0 Å². The van der Waals surface area contributed by atoms with Crippen molar-refractivity contribution in [1.29, 1.82) is 0 Å². The van der Waals surface area contributed by atoms with Crippen molar-refractivity contribution >= 4 is 27.8 Å². The zero-order valence-electron chi connectivity index (χ0n) is 30.2. The molecule has 0 fully saturated rings. The van der Waals surface area contributed by atoms with Crippen LogP contribution in [0.15, 0.2) is 200 Å². The number of hydrogen-bond acceptors (Lipinski definition) is 1. The molecule has 0 N–H and O–H groups in total. The second-order valence-corrected chi connectivity index (χ2v) is 15.1. The normalized spacial score (nSPS) is 15.3. The van der Waals surface area contributed by atoms with Gasteiger partial charge in [-0.3, -0.25) is 0 Å². The molecule has 0 aromatic heterocycles. The minimum Gasteiger partial charge on any atom is -0.310 e. The Morgan fingerprint density at radius 1 is 0.345 bits per heavy atom. The Morgan fingerprint density at radius 2 is 0.964 bits per heavy atom. The molecule has 0 amide bonds. The van der Waals surface area contributed by atoms with Gasteiger partial charge in [-0.2, -0.15) is 0 Å². The molecule has 0 heterocycles. The van der Waals surface area contributed by atoms with E-state index in [1.54, 1.807) is 0 Å². The third-order valence-electron chi connectivity index (χ3n) is 12.5. The van der Waals surface area contributed by atoms with E-state index < -0.39 is 5.41 Å². The van der Waals surface area contributed by atoms with E-state index in [1.165, 1.54) is 88.7 Å². The number of rotatable bonds is 3. The van der Waals surface area contributed by atoms with Crippen LogP contribution >= 0.6 is 0 Å². The molecule has 0 saturated carbocycles. The zero-order chi connectivity index (χ0) is 36.1. The van der Waals surface area contributed by atoms with Gasteiger partial charge >= 0.3 is 0 Å².